The predicted molar refractivity (Wildman–Crippen MR) is 88.5 cm³/mol. The second-order valence-electron chi connectivity index (χ2n) is 5.03. The third-order valence-corrected chi connectivity index (χ3v) is 4.71. The third kappa shape index (κ3) is 4.60. The maximum atomic E-state index is 6.17. The quantitative estimate of drug-likeness (QED) is 0.780. The zero-order chi connectivity index (χ0) is 14.4. The van der Waals surface area contributed by atoms with E-state index in [1.807, 2.05) is 29.5 Å². The lowest BCUT2D eigenvalue weighted by atomic mass is 10.2. The second kappa shape index (κ2) is 7.79. The summed E-state index contributed by atoms with van der Waals surface area (Å²) in [5.41, 5.74) is 2.57. The molecule has 0 amide bonds. The van der Waals surface area contributed by atoms with Gasteiger partial charge in [0, 0.05) is 36.1 Å². The molecule has 1 heterocycles. The lowest BCUT2D eigenvalue weighted by Crippen LogP contribution is -2.28. The first-order valence-electron chi connectivity index (χ1n) is 6.82. The van der Waals surface area contributed by atoms with Crippen molar-refractivity contribution < 1.29 is 0 Å². The Labute approximate surface area is 130 Å². The van der Waals surface area contributed by atoms with Crippen LogP contribution in [0.5, 0.6) is 0 Å². The summed E-state index contributed by atoms with van der Waals surface area (Å²) in [6.45, 7) is 6.01. The molecule has 1 aromatic carbocycles. The summed E-state index contributed by atoms with van der Waals surface area (Å²) in [7, 11) is 2.13. The topological polar surface area (TPSA) is 15.3 Å². The van der Waals surface area contributed by atoms with Gasteiger partial charge in [0.2, 0.25) is 0 Å². The van der Waals surface area contributed by atoms with Crippen LogP contribution in [0.4, 0.5) is 0 Å². The van der Waals surface area contributed by atoms with Crippen molar-refractivity contribution in [3.63, 3.8) is 0 Å². The van der Waals surface area contributed by atoms with Gasteiger partial charge in [-0.05, 0) is 42.6 Å². The summed E-state index contributed by atoms with van der Waals surface area (Å²) in [5, 5.41) is 6.49. The molecule has 0 atom stereocenters. The van der Waals surface area contributed by atoms with Crippen molar-refractivity contribution >= 4 is 22.9 Å². The Morgan fingerprint density at radius 2 is 2.05 bits per heavy atom. The molecule has 0 unspecified atom stereocenters. The highest BCUT2D eigenvalue weighted by Gasteiger charge is 2.04. The number of thiophene rings is 1. The van der Waals surface area contributed by atoms with Crippen LogP contribution in [0.3, 0.4) is 0 Å². The summed E-state index contributed by atoms with van der Waals surface area (Å²) < 4.78 is 0. The van der Waals surface area contributed by atoms with E-state index < -0.39 is 0 Å². The van der Waals surface area contributed by atoms with Gasteiger partial charge in [0.05, 0.1) is 0 Å². The van der Waals surface area contributed by atoms with Gasteiger partial charge in [-0.25, -0.2) is 0 Å². The second-order valence-corrected chi connectivity index (χ2v) is 6.44. The van der Waals surface area contributed by atoms with Crippen LogP contribution >= 0.6 is 22.9 Å². The Hall–Kier alpha value is -0.870. The van der Waals surface area contributed by atoms with E-state index in [9.17, 15) is 0 Å². The monoisotopic (exact) mass is 308 g/mol. The first-order valence-corrected chi connectivity index (χ1v) is 8.08. The van der Waals surface area contributed by atoms with Crippen molar-refractivity contribution in [2.75, 3.05) is 20.1 Å². The van der Waals surface area contributed by atoms with Crippen molar-refractivity contribution in [1.82, 2.24) is 10.2 Å². The number of nitrogens with one attached hydrogen (secondary N) is 1. The summed E-state index contributed by atoms with van der Waals surface area (Å²) >= 11 is 7.99. The SMILES string of the molecule is Cc1ccsc1CNCCN(C)Cc1ccccc1Cl. The van der Waals surface area contributed by atoms with E-state index in [4.69, 9.17) is 11.6 Å². The molecule has 2 rings (SSSR count). The predicted octanol–water partition coefficient (Wildman–Crippen LogP) is 3.93. The van der Waals surface area contributed by atoms with Crippen molar-refractivity contribution in [3.8, 4) is 0 Å². The number of benzene rings is 1. The molecule has 0 aliphatic heterocycles. The Kier molecular flexibility index (Phi) is 6.05. The Morgan fingerprint density at radius 3 is 2.75 bits per heavy atom. The van der Waals surface area contributed by atoms with Crippen LogP contribution in [0.25, 0.3) is 0 Å². The molecule has 0 fully saturated rings. The molecule has 0 bridgehead atoms. The minimum absolute atomic E-state index is 0.849. The number of likely N-dealkylation sites (N-methyl/N-ethyl adjacent to an activating group) is 1. The van der Waals surface area contributed by atoms with Crippen LogP contribution in [0.2, 0.25) is 5.02 Å². The smallest absolute Gasteiger partial charge is 0.0451 e. The Morgan fingerprint density at radius 1 is 1.25 bits per heavy atom. The molecule has 108 valence electrons. The number of nitrogens with zero attached hydrogens (tertiary/aromatic N) is 1. The van der Waals surface area contributed by atoms with Crippen molar-refractivity contribution in [2.24, 2.45) is 0 Å². The van der Waals surface area contributed by atoms with Gasteiger partial charge in [-0.3, -0.25) is 0 Å². The zero-order valence-corrected chi connectivity index (χ0v) is 13.6. The molecule has 0 aliphatic carbocycles. The molecule has 20 heavy (non-hydrogen) atoms. The van der Waals surface area contributed by atoms with E-state index in [0.717, 1.165) is 31.2 Å². The average Bonchev–Trinajstić information content (AvgIpc) is 2.83. The number of halogens is 1. The van der Waals surface area contributed by atoms with Crippen LogP contribution in [0, 0.1) is 6.92 Å². The van der Waals surface area contributed by atoms with E-state index in [-0.39, 0.29) is 0 Å². The van der Waals surface area contributed by atoms with E-state index in [1.54, 1.807) is 0 Å². The van der Waals surface area contributed by atoms with Gasteiger partial charge in [-0.15, -0.1) is 11.3 Å². The largest absolute Gasteiger partial charge is 0.311 e. The Bertz CT molecular complexity index is 539. The number of aryl methyl sites for hydroxylation is 1. The lowest BCUT2D eigenvalue weighted by Gasteiger charge is -2.17. The average molecular weight is 309 g/mol. The van der Waals surface area contributed by atoms with Gasteiger partial charge >= 0.3 is 0 Å². The highest BCUT2D eigenvalue weighted by Crippen LogP contribution is 2.16. The maximum Gasteiger partial charge on any atom is 0.0451 e. The number of rotatable bonds is 7. The molecular weight excluding hydrogens is 288 g/mol. The minimum atomic E-state index is 0.849. The zero-order valence-electron chi connectivity index (χ0n) is 12.0. The molecular formula is C16H21ClN2S. The first-order chi connectivity index (χ1) is 9.66. The van der Waals surface area contributed by atoms with Gasteiger partial charge in [0.1, 0.15) is 0 Å². The van der Waals surface area contributed by atoms with Gasteiger partial charge in [0.15, 0.2) is 0 Å². The lowest BCUT2D eigenvalue weighted by molar-refractivity contribution is 0.324. The molecule has 1 N–H and O–H groups in total. The fourth-order valence-electron chi connectivity index (χ4n) is 2.05. The third-order valence-electron chi connectivity index (χ3n) is 3.32. The molecule has 0 saturated carbocycles. The fourth-order valence-corrected chi connectivity index (χ4v) is 3.12. The van der Waals surface area contributed by atoms with E-state index in [2.05, 4.69) is 41.7 Å². The van der Waals surface area contributed by atoms with Crippen LogP contribution in [-0.2, 0) is 13.1 Å². The summed E-state index contributed by atoms with van der Waals surface area (Å²) in [4.78, 5) is 3.72. The molecule has 0 spiro atoms. The first kappa shape index (κ1) is 15.5. The van der Waals surface area contributed by atoms with E-state index >= 15 is 0 Å². The molecule has 2 nitrogen and oxygen atoms in total. The van der Waals surface area contributed by atoms with Gasteiger partial charge < -0.3 is 10.2 Å². The standard InChI is InChI=1S/C16H21ClN2S/c1-13-7-10-20-16(13)11-18-8-9-19(2)12-14-5-3-4-6-15(14)17/h3-7,10,18H,8-9,11-12H2,1-2H3. The molecule has 4 heteroatoms. The fraction of sp³-hybridized carbons (Fsp3) is 0.375. The Balaban J connectivity index is 1.69. The van der Waals surface area contributed by atoms with Crippen molar-refractivity contribution in [2.45, 2.75) is 20.0 Å². The number of hydrogen-bond donors (Lipinski definition) is 1. The van der Waals surface area contributed by atoms with Gasteiger partial charge in [0.25, 0.3) is 0 Å². The normalized spacial score (nSPS) is 11.2. The van der Waals surface area contributed by atoms with Crippen LogP contribution in [0.15, 0.2) is 35.7 Å². The summed E-state index contributed by atoms with van der Waals surface area (Å²) in [6, 6.07) is 10.2. The molecule has 0 aliphatic rings. The summed E-state index contributed by atoms with van der Waals surface area (Å²) in [5.74, 6) is 0. The summed E-state index contributed by atoms with van der Waals surface area (Å²) in [6.07, 6.45) is 0. The van der Waals surface area contributed by atoms with E-state index in [1.165, 1.54) is 16.0 Å². The maximum absolute atomic E-state index is 6.17. The van der Waals surface area contributed by atoms with Crippen LogP contribution < -0.4 is 5.32 Å². The highest BCUT2D eigenvalue weighted by molar-refractivity contribution is 7.10. The van der Waals surface area contributed by atoms with Crippen molar-refractivity contribution in [1.29, 1.82) is 0 Å². The van der Waals surface area contributed by atoms with Crippen LogP contribution in [0.1, 0.15) is 16.0 Å². The molecule has 2 aromatic rings. The van der Waals surface area contributed by atoms with E-state index in [0.29, 0.717) is 0 Å². The van der Waals surface area contributed by atoms with Gasteiger partial charge in [-0.1, -0.05) is 29.8 Å². The molecule has 1 aromatic heterocycles. The molecule has 0 saturated heterocycles. The number of hydrogen-bond acceptors (Lipinski definition) is 3. The molecule has 0 radical (unpaired) electrons. The van der Waals surface area contributed by atoms with Crippen LogP contribution in [-0.4, -0.2) is 25.0 Å². The van der Waals surface area contributed by atoms with Gasteiger partial charge in [-0.2, -0.15) is 0 Å². The highest BCUT2D eigenvalue weighted by atomic mass is 35.5. The minimum Gasteiger partial charge on any atom is -0.311 e. The van der Waals surface area contributed by atoms with Crippen molar-refractivity contribution in [3.05, 3.63) is 56.7 Å².